The molecule has 0 saturated heterocycles. The summed E-state index contributed by atoms with van der Waals surface area (Å²) in [6.07, 6.45) is 3.36. The summed E-state index contributed by atoms with van der Waals surface area (Å²) < 4.78 is 14.4. The quantitative estimate of drug-likeness (QED) is 0.451. The predicted octanol–water partition coefficient (Wildman–Crippen LogP) is 3.39. The molecule has 0 fully saturated rings. The van der Waals surface area contributed by atoms with Crippen molar-refractivity contribution in [3.05, 3.63) is 100 Å². The molecule has 0 atom stereocenters. The van der Waals surface area contributed by atoms with Crippen LogP contribution in [0.4, 0.5) is 4.39 Å². The lowest BCUT2D eigenvalue weighted by Crippen LogP contribution is -2.29. The second kappa shape index (κ2) is 9.53. The van der Waals surface area contributed by atoms with Gasteiger partial charge in [0.05, 0.1) is 29.9 Å². The molecule has 156 valence electrons. The molecule has 0 aliphatic carbocycles. The van der Waals surface area contributed by atoms with Crippen molar-refractivity contribution in [3.63, 3.8) is 0 Å². The number of thioether (sulfide) groups is 1. The maximum Gasteiger partial charge on any atom is 0.274 e. The fraction of sp³-hybridized carbons (Fsp3) is 0.130. The van der Waals surface area contributed by atoms with E-state index in [0.29, 0.717) is 23.0 Å². The summed E-state index contributed by atoms with van der Waals surface area (Å²) >= 11 is 1.32. The maximum absolute atomic E-state index is 13.0. The zero-order chi connectivity index (χ0) is 21.6. The van der Waals surface area contributed by atoms with Crippen LogP contribution in [0.15, 0.2) is 82.7 Å². The van der Waals surface area contributed by atoms with Crippen molar-refractivity contribution >= 4 is 28.4 Å². The summed E-state index contributed by atoms with van der Waals surface area (Å²) in [6, 6.07) is 16.9. The van der Waals surface area contributed by atoms with Crippen molar-refractivity contribution < 1.29 is 9.18 Å². The summed E-state index contributed by atoms with van der Waals surface area (Å²) in [5, 5.41) is 8.63. The van der Waals surface area contributed by atoms with E-state index < -0.39 is 0 Å². The molecule has 0 spiro atoms. The van der Waals surface area contributed by atoms with Gasteiger partial charge in [-0.15, -0.1) is 11.8 Å². The topological polar surface area (TPSA) is 76.9 Å². The number of benzene rings is 2. The Morgan fingerprint density at radius 1 is 1.03 bits per heavy atom. The minimum Gasteiger partial charge on any atom is -0.350 e. The van der Waals surface area contributed by atoms with Crippen molar-refractivity contribution in [1.29, 1.82) is 0 Å². The summed E-state index contributed by atoms with van der Waals surface area (Å²) in [6.45, 7) is 0.482. The third-order valence-corrected chi connectivity index (χ3v) is 5.65. The van der Waals surface area contributed by atoms with Gasteiger partial charge in [0.2, 0.25) is 5.91 Å². The van der Waals surface area contributed by atoms with Crippen molar-refractivity contribution in [2.24, 2.45) is 0 Å². The highest BCUT2D eigenvalue weighted by Crippen LogP contribution is 2.18. The van der Waals surface area contributed by atoms with Crippen LogP contribution in [0, 0.1) is 5.82 Å². The van der Waals surface area contributed by atoms with Gasteiger partial charge in [-0.25, -0.2) is 9.07 Å². The number of pyridine rings is 1. The smallest absolute Gasteiger partial charge is 0.274 e. The number of carbonyl (C=O) groups is 1. The first kappa shape index (κ1) is 20.7. The molecular weight excluding hydrogens is 415 g/mol. The van der Waals surface area contributed by atoms with Gasteiger partial charge in [0.15, 0.2) is 0 Å². The van der Waals surface area contributed by atoms with Crippen molar-refractivity contribution in [1.82, 2.24) is 20.1 Å². The molecule has 4 rings (SSSR count). The SMILES string of the molecule is O=C(CSc1ccc(F)cc1)NCc1nn(Cc2cccnc2)c(=O)c2ccccc12. The molecule has 4 aromatic rings. The van der Waals surface area contributed by atoms with Gasteiger partial charge in [-0.2, -0.15) is 5.10 Å². The second-order valence-corrected chi connectivity index (χ2v) is 7.88. The number of nitrogens with zero attached hydrogens (tertiary/aromatic N) is 3. The van der Waals surface area contributed by atoms with Crippen LogP contribution in [-0.2, 0) is 17.9 Å². The molecule has 2 aromatic carbocycles. The average molecular weight is 434 g/mol. The van der Waals surface area contributed by atoms with Crippen molar-refractivity contribution in [2.45, 2.75) is 18.0 Å². The molecule has 0 saturated carbocycles. The van der Waals surface area contributed by atoms with Crippen LogP contribution >= 0.6 is 11.8 Å². The molecule has 6 nitrogen and oxygen atoms in total. The molecular formula is C23H19FN4O2S. The maximum atomic E-state index is 13.0. The van der Waals surface area contributed by atoms with Gasteiger partial charge >= 0.3 is 0 Å². The fourth-order valence-electron chi connectivity index (χ4n) is 3.12. The largest absolute Gasteiger partial charge is 0.350 e. The molecule has 31 heavy (non-hydrogen) atoms. The van der Waals surface area contributed by atoms with E-state index in [2.05, 4.69) is 15.4 Å². The number of fused-ring (bicyclic) bond motifs is 1. The van der Waals surface area contributed by atoms with Crippen LogP contribution < -0.4 is 10.9 Å². The standard InChI is InChI=1S/C23H19FN4O2S/c24-17-7-9-18(10-8-17)31-15-22(29)26-13-21-19-5-1-2-6-20(19)23(30)28(27-21)14-16-4-3-11-25-12-16/h1-12H,13-15H2,(H,26,29). The average Bonchev–Trinajstić information content (AvgIpc) is 2.80. The van der Waals surface area contributed by atoms with Gasteiger partial charge in [0.25, 0.3) is 5.56 Å². The van der Waals surface area contributed by atoms with E-state index in [9.17, 15) is 14.0 Å². The summed E-state index contributed by atoms with van der Waals surface area (Å²) in [7, 11) is 0. The Morgan fingerprint density at radius 3 is 2.55 bits per heavy atom. The first-order valence-corrected chi connectivity index (χ1v) is 10.6. The van der Waals surface area contributed by atoms with Crippen LogP contribution in [0.5, 0.6) is 0 Å². The third-order valence-electron chi connectivity index (χ3n) is 4.64. The molecule has 2 aromatic heterocycles. The number of carbonyl (C=O) groups excluding carboxylic acids is 1. The Hall–Kier alpha value is -3.52. The predicted molar refractivity (Wildman–Crippen MR) is 118 cm³/mol. The minimum absolute atomic E-state index is 0.176. The Kier molecular flexibility index (Phi) is 6.37. The monoisotopic (exact) mass is 434 g/mol. The fourth-order valence-corrected chi connectivity index (χ4v) is 3.85. The van der Waals surface area contributed by atoms with E-state index >= 15 is 0 Å². The van der Waals surface area contributed by atoms with Crippen molar-refractivity contribution in [3.8, 4) is 0 Å². The highest BCUT2D eigenvalue weighted by molar-refractivity contribution is 8.00. The third kappa shape index (κ3) is 5.16. The van der Waals surface area contributed by atoms with Gasteiger partial charge in [-0.1, -0.05) is 24.3 Å². The summed E-state index contributed by atoms with van der Waals surface area (Å²) in [5.41, 5.74) is 1.28. The number of hydrogen-bond donors (Lipinski definition) is 1. The molecule has 0 unspecified atom stereocenters. The lowest BCUT2D eigenvalue weighted by atomic mass is 10.1. The Bertz CT molecular complexity index is 1260. The van der Waals surface area contributed by atoms with Gasteiger partial charge < -0.3 is 5.32 Å². The zero-order valence-corrected chi connectivity index (χ0v) is 17.3. The number of rotatable bonds is 7. The van der Waals surface area contributed by atoms with Crippen LogP contribution in [0.1, 0.15) is 11.3 Å². The molecule has 2 heterocycles. The van der Waals surface area contributed by atoms with E-state index in [1.165, 1.54) is 28.6 Å². The molecule has 1 N–H and O–H groups in total. The number of nitrogens with one attached hydrogen (secondary N) is 1. The summed E-state index contributed by atoms with van der Waals surface area (Å²) in [4.78, 5) is 30.1. The number of amides is 1. The first-order chi connectivity index (χ1) is 15.1. The minimum atomic E-state index is -0.312. The first-order valence-electron chi connectivity index (χ1n) is 9.63. The Labute approximate surface area is 182 Å². The van der Waals surface area contributed by atoms with Crippen LogP contribution in [0.3, 0.4) is 0 Å². The van der Waals surface area contributed by atoms with Crippen molar-refractivity contribution in [2.75, 3.05) is 5.75 Å². The zero-order valence-electron chi connectivity index (χ0n) is 16.5. The Balaban J connectivity index is 1.51. The number of hydrogen-bond acceptors (Lipinski definition) is 5. The van der Waals surface area contributed by atoms with Crippen LogP contribution in [0.2, 0.25) is 0 Å². The van der Waals surface area contributed by atoms with E-state index in [0.717, 1.165) is 10.5 Å². The van der Waals surface area contributed by atoms with E-state index in [1.807, 2.05) is 18.2 Å². The van der Waals surface area contributed by atoms with Gasteiger partial charge in [-0.3, -0.25) is 14.6 Å². The normalized spacial score (nSPS) is 10.9. The van der Waals surface area contributed by atoms with E-state index in [-0.39, 0.29) is 29.6 Å². The number of halogens is 1. The summed E-state index contributed by atoms with van der Waals surface area (Å²) in [5.74, 6) is -0.294. The lowest BCUT2D eigenvalue weighted by Gasteiger charge is -2.12. The van der Waals surface area contributed by atoms with E-state index in [1.54, 1.807) is 42.7 Å². The molecule has 0 aliphatic rings. The highest BCUT2D eigenvalue weighted by Gasteiger charge is 2.12. The Morgan fingerprint density at radius 2 is 1.81 bits per heavy atom. The molecule has 0 bridgehead atoms. The number of aromatic nitrogens is 3. The highest BCUT2D eigenvalue weighted by atomic mass is 32.2. The molecule has 1 amide bonds. The lowest BCUT2D eigenvalue weighted by molar-refractivity contribution is -0.118. The van der Waals surface area contributed by atoms with E-state index in [4.69, 9.17) is 0 Å². The van der Waals surface area contributed by atoms with Gasteiger partial charge in [0, 0.05) is 22.7 Å². The van der Waals surface area contributed by atoms with Gasteiger partial charge in [0.1, 0.15) is 5.82 Å². The second-order valence-electron chi connectivity index (χ2n) is 6.84. The molecule has 0 radical (unpaired) electrons. The van der Waals surface area contributed by atoms with Crippen LogP contribution in [-0.4, -0.2) is 26.4 Å². The molecule has 0 aliphatic heterocycles. The molecule has 8 heteroatoms. The van der Waals surface area contributed by atoms with Crippen LogP contribution in [0.25, 0.3) is 10.8 Å². The van der Waals surface area contributed by atoms with Gasteiger partial charge in [-0.05, 0) is 42.0 Å².